The average Bonchev–Trinajstić information content (AvgIpc) is 2.42. The van der Waals surface area contributed by atoms with E-state index in [0.717, 1.165) is 0 Å². The molecule has 0 spiro atoms. The number of rotatable bonds is 8. The smallest absolute Gasteiger partial charge is 0.220 e. The number of amides is 1. The maximum Gasteiger partial charge on any atom is 0.220 e. The van der Waals surface area contributed by atoms with Gasteiger partial charge in [0.2, 0.25) is 5.91 Å². The van der Waals surface area contributed by atoms with Crippen LogP contribution in [0.1, 0.15) is 19.8 Å². The molecular weight excluding hydrogens is 283 g/mol. The topological polar surface area (TPSA) is 64.3 Å². The minimum atomic E-state index is -0.385. The van der Waals surface area contributed by atoms with Crippen LogP contribution in [0.15, 0.2) is 24.3 Å². The minimum Gasteiger partial charge on any atom is -0.491 e. The van der Waals surface area contributed by atoms with Crippen LogP contribution in [-0.4, -0.2) is 25.6 Å². The van der Waals surface area contributed by atoms with Crippen LogP contribution in [0.4, 0.5) is 4.39 Å². The molecular formula is C14H22ClFN2O2. The predicted molar refractivity (Wildman–Crippen MR) is 79.6 cm³/mol. The molecule has 1 aromatic rings. The monoisotopic (exact) mass is 304 g/mol. The molecule has 0 radical (unpaired) electrons. The molecule has 0 heterocycles. The lowest BCUT2D eigenvalue weighted by Gasteiger charge is -2.10. The van der Waals surface area contributed by atoms with Crippen molar-refractivity contribution in [3.8, 4) is 5.75 Å². The van der Waals surface area contributed by atoms with E-state index in [1.807, 2.05) is 6.92 Å². The lowest BCUT2D eigenvalue weighted by molar-refractivity contribution is -0.121. The summed E-state index contributed by atoms with van der Waals surface area (Å²) < 4.78 is 18.5. The number of ether oxygens (including phenoxy) is 1. The maximum atomic E-state index is 13.2. The molecule has 4 nitrogen and oxygen atoms in total. The van der Waals surface area contributed by atoms with Crippen LogP contribution < -0.4 is 15.8 Å². The normalized spacial score (nSPS) is 11.3. The van der Waals surface area contributed by atoms with Crippen molar-refractivity contribution in [2.24, 2.45) is 11.7 Å². The highest BCUT2D eigenvalue weighted by atomic mass is 35.5. The molecule has 1 amide bonds. The average molecular weight is 305 g/mol. The van der Waals surface area contributed by atoms with E-state index in [0.29, 0.717) is 32.5 Å². The number of benzene rings is 1. The number of hydrogen-bond donors (Lipinski definition) is 2. The molecule has 0 aliphatic carbocycles. The van der Waals surface area contributed by atoms with Crippen molar-refractivity contribution in [2.75, 3.05) is 19.7 Å². The second kappa shape index (κ2) is 10.5. The zero-order valence-electron chi connectivity index (χ0n) is 11.6. The van der Waals surface area contributed by atoms with Crippen molar-refractivity contribution in [3.63, 3.8) is 0 Å². The molecule has 0 saturated carbocycles. The number of carbonyl (C=O) groups excluding carboxylic acids is 1. The molecule has 114 valence electrons. The standard InChI is InChI=1S/C14H21FN2O2.ClH/c1-11(9-16)10-17-14(18)7-4-8-19-13-6-3-2-5-12(13)15;/h2-3,5-6,11H,4,7-10,16H2,1H3,(H,17,18);1H. The second-order valence-corrected chi connectivity index (χ2v) is 4.53. The summed E-state index contributed by atoms with van der Waals surface area (Å²) in [5.41, 5.74) is 5.45. The van der Waals surface area contributed by atoms with Gasteiger partial charge in [0, 0.05) is 13.0 Å². The summed E-state index contributed by atoms with van der Waals surface area (Å²) in [4.78, 5) is 11.5. The first kappa shape index (κ1) is 18.7. The molecule has 1 rings (SSSR count). The Balaban J connectivity index is 0.00000361. The zero-order valence-corrected chi connectivity index (χ0v) is 12.4. The highest BCUT2D eigenvalue weighted by Crippen LogP contribution is 2.15. The highest BCUT2D eigenvalue weighted by molar-refractivity contribution is 5.85. The number of nitrogens with two attached hydrogens (primary N) is 1. The van der Waals surface area contributed by atoms with Crippen molar-refractivity contribution in [1.29, 1.82) is 0 Å². The number of halogens is 2. The molecule has 0 aromatic heterocycles. The van der Waals surface area contributed by atoms with Gasteiger partial charge < -0.3 is 15.8 Å². The van der Waals surface area contributed by atoms with Crippen LogP contribution in [0.5, 0.6) is 5.75 Å². The molecule has 0 saturated heterocycles. The van der Waals surface area contributed by atoms with Gasteiger partial charge in [-0.3, -0.25) is 4.79 Å². The van der Waals surface area contributed by atoms with Gasteiger partial charge in [0.15, 0.2) is 11.6 Å². The van der Waals surface area contributed by atoms with Crippen LogP contribution in [0.2, 0.25) is 0 Å². The van der Waals surface area contributed by atoms with Gasteiger partial charge in [-0.15, -0.1) is 12.4 Å². The first-order valence-corrected chi connectivity index (χ1v) is 6.47. The summed E-state index contributed by atoms with van der Waals surface area (Å²) in [6, 6.07) is 6.22. The van der Waals surface area contributed by atoms with Crippen molar-refractivity contribution in [3.05, 3.63) is 30.1 Å². The summed E-state index contributed by atoms with van der Waals surface area (Å²) >= 11 is 0. The summed E-state index contributed by atoms with van der Waals surface area (Å²) in [5, 5.41) is 2.79. The van der Waals surface area contributed by atoms with Gasteiger partial charge in [0.1, 0.15) is 0 Å². The van der Waals surface area contributed by atoms with Crippen molar-refractivity contribution in [1.82, 2.24) is 5.32 Å². The van der Waals surface area contributed by atoms with E-state index in [1.165, 1.54) is 6.07 Å². The predicted octanol–water partition coefficient (Wildman–Crippen LogP) is 2.12. The van der Waals surface area contributed by atoms with Crippen molar-refractivity contribution < 1.29 is 13.9 Å². The van der Waals surface area contributed by atoms with E-state index in [2.05, 4.69) is 5.32 Å². The Hall–Kier alpha value is -1.33. The Bertz CT molecular complexity index is 405. The Morgan fingerprint density at radius 3 is 2.80 bits per heavy atom. The van der Waals surface area contributed by atoms with Crippen LogP contribution in [0, 0.1) is 11.7 Å². The molecule has 1 atom stereocenters. The van der Waals surface area contributed by atoms with Crippen LogP contribution in [-0.2, 0) is 4.79 Å². The van der Waals surface area contributed by atoms with E-state index < -0.39 is 0 Å². The van der Waals surface area contributed by atoms with Gasteiger partial charge >= 0.3 is 0 Å². The molecule has 1 unspecified atom stereocenters. The molecule has 6 heteroatoms. The van der Waals surface area contributed by atoms with Crippen molar-refractivity contribution in [2.45, 2.75) is 19.8 Å². The third kappa shape index (κ3) is 7.31. The van der Waals surface area contributed by atoms with Crippen LogP contribution in [0.3, 0.4) is 0 Å². The van der Waals surface area contributed by atoms with Crippen LogP contribution >= 0.6 is 12.4 Å². The summed E-state index contributed by atoms with van der Waals surface area (Å²) in [5.74, 6) is 0.0828. The van der Waals surface area contributed by atoms with Gasteiger partial charge in [-0.1, -0.05) is 19.1 Å². The van der Waals surface area contributed by atoms with E-state index in [1.54, 1.807) is 18.2 Å². The fourth-order valence-electron chi connectivity index (χ4n) is 1.44. The molecule has 0 fully saturated rings. The van der Waals surface area contributed by atoms with Gasteiger partial charge in [-0.25, -0.2) is 4.39 Å². The second-order valence-electron chi connectivity index (χ2n) is 4.53. The van der Waals surface area contributed by atoms with E-state index in [9.17, 15) is 9.18 Å². The van der Waals surface area contributed by atoms with E-state index in [4.69, 9.17) is 10.5 Å². The first-order valence-electron chi connectivity index (χ1n) is 6.47. The molecule has 0 bridgehead atoms. The highest BCUT2D eigenvalue weighted by Gasteiger charge is 2.05. The van der Waals surface area contributed by atoms with Gasteiger partial charge in [-0.05, 0) is 31.0 Å². The maximum absolute atomic E-state index is 13.2. The first-order chi connectivity index (χ1) is 9.13. The quantitative estimate of drug-likeness (QED) is 0.723. The van der Waals surface area contributed by atoms with Gasteiger partial charge in [0.25, 0.3) is 0 Å². The SMILES string of the molecule is CC(CN)CNC(=O)CCCOc1ccccc1F.Cl. The molecule has 3 N–H and O–H groups in total. The lowest BCUT2D eigenvalue weighted by Crippen LogP contribution is -2.31. The zero-order chi connectivity index (χ0) is 14.1. The molecule has 20 heavy (non-hydrogen) atoms. The summed E-state index contributed by atoms with van der Waals surface area (Å²) in [6.07, 6.45) is 0.920. The number of hydrogen-bond acceptors (Lipinski definition) is 3. The van der Waals surface area contributed by atoms with E-state index >= 15 is 0 Å². The van der Waals surface area contributed by atoms with E-state index in [-0.39, 0.29) is 35.8 Å². The Morgan fingerprint density at radius 2 is 2.15 bits per heavy atom. The summed E-state index contributed by atoms with van der Waals surface area (Å²) in [7, 11) is 0. The number of carbonyl (C=O) groups is 1. The largest absolute Gasteiger partial charge is 0.491 e. The van der Waals surface area contributed by atoms with Gasteiger partial charge in [-0.2, -0.15) is 0 Å². The van der Waals surface area contributed by atoms with Gasteiger partial charge in [0.05, 0.1) is 6.61 Å². The number of para-hydroxylation sites is 1. The fourth-order valence-corrected chi connectivity index (χ4v) is 1.44. The Morgan fingerprint density at radius 1 is 1.45 bits per heavy atom. The minimum absolute atomic E-state index is 0. The Kier molecular flexibility index (Phi) is 9.76. The van der Waals surface area contributed by atoms with Crippen molar-refractivity contribution >= 4 is 18.3 Å². The molecule has 0 aliphatic rings. The molecule has 0 aliphatic heterocycles. The van der Waals surface area contributed by atoms with Crippen LogP contribution in [0.25, 0.3) is 0 Å². The fraction of sp³-hybridized carbons (Fsp3) is 0.500. The third-order valence-electron chi connectivity index (χ3n) is 2.69. The third-order valence-corrected chi connectivity index (χ3v) is 2.69. The lowest BCUT2D eigenvalue weighted by atomic mass is 10.2. The number of nitrogens with one attached hydrogen (secondary N) is 1. The summed E-state index contributed by atoms with van der Waals surface area (Å²) in [6.45, 7) is 3.43. The Labute approximate surface area is 125 Å². The molecule has 1 aromatic carbocycles.